The van der Waals surface area contributed by atoms with Crippen molar-refractivity contribution in [3.63, 3.8) is 0 Å². The first-order valence-electron chi connectivity index (χ1n) is 15.0. The number of amides is 1. The van der Waals surface area contributed by atoms with Gasteiger partial charge in [0.15, 0.2) is 0 Å². The third kappa shape index (κ3) is 6.95. The molecule has 44 heavy (non-hydrogen) atoms. The normalized spacial score (nSPS) is 19.2. The lowest BCUT2D eigenvalue weighted by molar-refractivity contribution is -0.139. The predicted octanol–water partition coefficient (Wildman–Crippen LogP) is 5.53. The first kappa shape index (κ1) is 30.6. The fourth-order valence-electron chi connectivity index (χ4n) is 6.07. The van der Waals surface area contributed by atoms with E-state index in [1.165, 1.54) is 0 Å². The molecule has 1 atom stereocenters. The van der Waals surface area contributed by atoms with Crippen molar-refractivity contribution in [1.29, 1.82) is 0 Å². The Labute approximate surface area is 263 Å². The molecule has 1 N–H and O–H groups in total. The fourth-order valence-corrected chi connectivity index (χ4v) is 8.37. The van der Waals surface area contributed by atoms with Crippen molar-refractivity contribution in [2.75, 3.05) is 38.1 Å². The zero-order chi connectivity index (χ0) is 30.7. The van der Waals surface area contributed by atoms with E-state index in [2.05, 4.69) is 15.2 Å². The average molecular weight is 631 g/mol. The number of hydrogen-bond acceptors (Lipinski definition) is 7. The van der Waals surface area contributed by atoms with Crippen LogP contribution in [0.2, 0.25) is 0 Å². The van der Waals surface area contributed by atoms with Gasteiger partial charge < -0.3 is 10.1 Å². The summed E-state index contributed by atoms with van der Waals surface area (Å²) in [5, 5.41) is 6.05. The lowest BCUT2D eigenvalue weighted by atomic mass is 9.88. The Morgan fingerprint density at radius 2 is 1.77 bits per heavy atom. The molecule has 6 rings (SSSR count). The maximum absolute atomic E-state index is 14.0. The Hall–Kier alpha value is -3.41. The highest BCUT2D eigenvalue weighted by Gasteiger charge is 2.47. The smallest absolute Gasteiger partial charge is 0.243 e. The second-order valence-electron chi connectivity index (χ2n) is 11.9. The third-order valence-corrected chi connectivity index (χ3v) is 11.3. The lowest BCUT2D eigenvalue weighted by Gasteiger charge is -2.49. The summed E-state index contributed by atoms with van der Waals surface area (Å²) in [4.78, 5) is 20.0. The molecule has 0 radical (unpaired) electrons. The van der Waals surface area contributed by atoms with Crippen LogP contribution in [0.25, 0.3) is 11.3 Å². The molecular weight excluding hydrogens is 593 g/mol. The summed E-state index contributed by atoms with van der Waals surface area (Å²) in [5.74, 6) is -0.0800. The summed E-state index contributed by atoms with van der Waals surface area (Å²) in [6.07, 6.45) is 1.88. The molecule has 10 heteroatoms. The van der Waals surface area contributed by atoms with Gasteiger partial charge in [0, 0.05) is 36.3 Å². The maximum Gasteiger partial charge on any atom is 0.243 e. The number of likely N-dealkylation sites (tertiary alicyclic amines) is 1. The van der Waals surface area contributed by atoms with Crippen molar-refractivity contribution in [3.8, 4) is 11.3 Å². The molecule has 2 aliphatic heterocycles. The fraction of sp³-hybridized carbons (Fsp3) is 0.353. The molecule has 3 aromatic carbocycles. The molecule has 3 heterocycles. The zero-order valence-corrected chi connectivity index (χ0v) is 26.7. The monoisotopic (exact) mass is 630 g/mol. The molecule has 4 aromatic rings. The van der Waals surface area contributed by atoms with Crippen molar-refractivity contribution < 1.29 is 17.9 Å². The van der Waals surface area contributed by atoms with Gasteiger partial charge in [0.25, 0.3) is 0 Å². The molecule has 0 aliphatic carbocycles. The molecule has 2 saturated heterocycles. The number of carbonyl (C=O) groups excluding carboxylic acids is 1. The highest BCUT2D eigenvalue weighted by molar-refractivity contribution is 7.89. The number of morpholine rings is 1. The number of aryl methyl sites for hydroxylation is 2. The van der Waals surface area contributed by atoms with E-state index >= 15 is 0 Å². The Morgan fingerprint density at radius 3 is 2.48 bits per heavy atom. The van der Waals surface area contributed by atoms with Crippen LogP contribution in [0.3, 0.4) is 0 Å². The van der Waals surface area contributed by atoms with Crippen LogP contribution in [-0.2, 0) is 26.0 Å². The van der Waals surface area contributed by atoms with E-state index in [4.69, 9.17) is 4.74 Å². The summed E-state index contributed by atoms with van der Waals surface area (Å²) in [6.45, 7) is 6.11. The molecular formula is C34H38N4O4S2. The summed E-state index contributed by atoms with van der Waals surface area (Å²) < 4.78 is 36.3. The number of nitrogens with one attached hydrogen (secondary N) is 1. The number of piperidine rings is 1. The number of thiazole rings is 1. The van der Waals surface area contributed by atoms with E-state index in [9.17, 15) is 13.2 Å². The highest BCUT2D eigenvalue weighted by atomic mass is 32.2. The molecule has 0 bridgehead atoms. The molecule has 1 amide bonds. The molecule has 0 unspecified atom stereocenters. The Balaban J connectivity index is 1.11. The summed E-state index contributed by atoms with van der Waals surface area (Å²) >= 11 is 1.60. The second-order valence-corrected chi connectivity index (χ2v) is 14.8. The van der Waals surface area contributed by atoms with E-state index < -0.39 is 15.6 Å². The number of nitrogens with zero attached hydrogens (tertiary/aromatic N) is 3. The van der Waals surface area contributed by atoms with Crippen LogP contribution in [0.15, 0.2) is 89.1 Å². The summed E-state index contributed by atoms with van der Waals surface area (Å²) in [7, 11) is -3.74. The number of anilines is 1. The SMILES string of the molecule is Cc1ccc(S(=O)(=O)N2CC3(CCN(CC(=O)Nc4cccc(-c5csc(C)n5)c4)CC3)OC[C@H]2Cc2ccccc2)cc1. The molecule has 2 aliphatic rings. The van der Waals surface area contributed by atoms with Crippen molar-refractivity contribution in [3.05, 3.63) is 100 Å². The quantitative estimate of drug-likeness (QED) is 0.275. The minimum atomic E-state index is -3.74. The predicted molar refractivity (Wildman–Crippen MR) is 174 cm³/mol. The van der Waals surface area contributed by atoms with Crippen LogP contribution in [-0.4, -0.2) is 72.9 Å². The Morgan fingerprint density at radius 1 is 1.02 bits per heavy atom. The molecule has 1 spiro atoms. The minimum absolute atomic E-state index is 0.0800. The van der Waals surface area contributed by atoms with Crippen LogP contribution in [0.5, 0.6) is 0 Å². The van der Waals surface area contributed by atoms with Gasteiger partial charge in [-0.25, -0.2) is 13.4 Å². The number of aromatic nitrogens is 1. The first-order chi connectivity index (χ1) is 21.2. The number of rotatable bonds is 8. The molecule has 230 valence electrons. The second kappa shape index (κ2) is 12.9. The van der Waals surface area contributed by atoms with Crippen LogP contribution in [0, 0.1) is 13.8 Å². The van der Waals surface area contributed by atoms with Crippen molar-refractivity contribution >= 4 is 33.0 Å². The minimum Gasteiger partial charge on any atom is -0.372 e. The number of ether oxygens (including phenoxy) is 1. The van der Waals surface area contributed by atoms with Gasteiger partial charge in [0.2, 0.25) is 15.9 Å². The van der Waals surface area contributed by atoms with E-state index in [1.54, 1.807) is 27.8 Å². The van der Waals surface area contributed by atoms with Crippen LogP contribution in [0.4, 0.5) is 5.69 Å². The number of hydrogen-bond donors (Lipinski definition) is 1. The van der Waals surface area contributed by atoms with Gasteiger partial charge in [-0.05, 0) is 62.9 Å². The van der Waals surface area contributed by atoms with Gasteiger partial charge in [-0.15, -0.1) is 11.3 Å². The zero-order valence-electron chi connectivity index (χ0n) is 25.1. The molecule has 0 saturated carbocycles. The topological polar surface area (TPSA) is 91.8 Å². The van der Waals surface area contributed by atoms with Gasteiger partial charge in [-0.3, -0.25) is 9.69 Å². The van der Waals surface area contributed by atoms with Crippen molar-refractivity contribution in [1.82, 2.24) is 14.2 Å². The molecule has 2 fully saturated rings. The maximum atomic E-state index is 14.0. The van der Waals surface area contributed by atoms with Gasteiger partial charge in [-0.2, -0.15) is 4.31 Å². The number of carbonyl (C=O) groups is 1. The first-order valence-corrected chi connectivity index (χ1v) is 17.3. The van der Waals surface area contributed by atoms with Crippen LogP contribution < -0.4 is 5.32 Å². The third-order valence-electron chi connectivity index (χ3n) is 8.57. The summed E-state index contributed by atoms with van der Waals surface area (Å²) in [5.41, 5.74) is 4.12. The van der Waals surface area contributed by atoms with Gasteiger partial charge in [-0.1, -0.05) is 60.2 Å². The summed E-state index contributed by atoms with van der Waals surface area (Å²) in [6, 6.07) is 24.5. The highest BCUT2D eigenvalue weighted by Crippen LogP contribution is 2.36. The van der Waals surface area contributed by atoms with Crippen LogP contribution >= 0.6 is 11.3 Å². The number of benzene rings is 3. The van der Waals surface area contributed by atoms with E-state index in [-0.39, 0.29) is 18.5 Å². The van der Waals surface area contributed by atoms with E-state index in [0.717, 1.165) is 33.1 Å². The van der Waals surface area contributed by atoms with Crippen molar-refractivity contribution in [2.45, 2.75) is 49.6 Å². The van der Waals surface area contributed by atoms with Crippen LogP contribution in [0.1, 0.15) is 29.0 Å². The van der Waals surface area contributed by atoms with Gasteiger partial charge in [0.05, 0.1) is 40.4 Å². The molecule has 1 aromatic heterocycles. The van der Waals surface area contributed by atoms with Gasteiger partial charge >= 0.3 is 0 Å². The van der Waals surface area contributed by atoms with E-state index in [0.29, 0.717) is 50.4 Å². The Kier molecular flexibility index (Phi) is 8.98. The van der Waals surface area contributed by atoms with Gasteiger partial charge in [0.1, 0.15) is 0 Å². The lowest BCUT2D eigenvalue weighted by Crippen LogP contribution is -2.62. The number of sulfonamides is 1. The molecule has 8 nitrogen and oxygen atoms in total. The van der Waals surface area contributed by atoms with Crippen molar-refractivity contribution in [2.24, 2.45) is 0 Å². The Bertz CT molecular complexity index is 1700. The average Bonchev–Trinajstić information content (AvgIpc) is 3.46. The van der Waals surface area contributed by atoms with E-state index in [1.807, 2.05) is 86.0 Å². The largest absolute Gasteiger partial charge is 0.372 e. The standard InChI is InChI=1S/C34H38N4O4S2/c1-25-11-13-31(14-12-25)44(40,41)38-24-34(42-22-30(38)19-27-7-4-3-5-8-27)15-17-37(18-16-34)21-33(39)36-29-10-6-9-28(20-29)32-23-43-26(2)35-32/h3-14,20,23,30H,15-19,21-22,24H2,1-2H3,(H,36,39)/t30-/m1/s1.